The van der Waals surface area contributed by atoms with E-state index in [1.165, 1.54) is 7.11 Å². The average Bonchev–Trinajstić information content (AvgIpc) is 2.36. The first-order chi connectivity index (χ1) is 8.24. The summed E-state index contributed by atoms with van der Waals surface area (Å²) >= 11 is 0. The van der Waals surface area contributed by atoms with E-state index in [9.17, 15) is 9.59 Å². The molecule has 0 aromatic carbocycles. The Morgan fingerprint density at radius 2 is 2.06 bits per heavy atom. The van der Waals surface area contributed by atoms with Crippen molar-refractivity contribution < 1.29 is 14.3 Å². The molecule has 0 aliphatic heterocycles. The van der Waals surface area contributed by atoms with E-state index in [4.69, 9.17) is 0 Å². The summed E-state index contributed by atoms with van der Waals surface area (Å²) in [6.07, 6.45) is 1.55. The highest BCUT2D eigenvalue weighted by atomic mass is 16.5. The maximum atomic E-state index is 11.5. The predicted octanol–water partition coefficient (Wildman–Crippen LogP) is -0.426. The van der Waals surface area contributed by atoms with Gasteiger partial charge in [0.25, 0.3) is 5.91 Å². The quantitative estimate of drug-likeness (QED) is 0.658. The summed E-state index contributed by atoms with van der Waals surface area (Å²) in [5.41, 5.74) is 0.357. The van der Waals surface area contributed by atoms with Crippen LogP contribution in [0.25, 0.3) is 0 Å². The van der Waals surface area contributed by atoms with Crippen molar-refractivity contribution in [2.75, 3.05) is 26.8 Å². The number of amides is 2. The van der Waals surface area contributed by atoms with Gasteiger partial charge in [0.15, 0.2) is 0 Å². The number of carbonyl (C=O) groups excluding carboxylic acids is 2. The van der Waals surface area contributed by atoms with E-state index in [1.54, 1.807) is 24.4 Å². The highest BCUT2D eigenvalue weighted by molar-refractivity contribution is 5.92. The molecule has 1 heterocycles. The van der Waals surface area contributed by atoms with Crippen molar-refractivity contribution in [3.8, 4) is 0 Å². The molecule has 0 aliphatic carbocycles. The SMILES string of the molecule is COCC(=O)NCCNC(=O)c1ccccn1. The number of nitrogens with one attached hydrogen (secondary N) is 2. The van der Waals surface area contributed by atoms with E-state index < -0.39 is 0 Å². The maximum Gasteiger partial charge on any atom is 0.269 e. The zero-order valence-corrected chi connectivity index (χ0v) is 9.60. The molecular formula is C11H15N3O3. The lowest BCUT2D eigenvalue weighted by Gasteiger charge is -2.06. The third-order valence-electron chi connectivity index (χ3n) is 1.91. The molecule has 0 saturated heterocycles. The monoisotopic (exact) mass is 237 g/mol. The van der Waals surface area contributed by atoms with Gasteiger partial charge in [0.05, 0.1) is 0 Å². The Balaban J connectivity index is 2.19. The molecule has 92 valence electrons. The molecule has 0 spiro atoms. The topological polar surface area (TPSA) is 80.3 Å². The Bertz CT molecular complexity index is 367. The summed E-state index contributed by atoms with van der Waals surface area (Å²) in [6, 6.07) is 5.10. The van der Waals surface area contributed by atoms with Crippen LogP contribution in [-0.2, 0) is 9.53 Å². The minimum Gasteiger partial charge on any atom is -0.375 e. The predicted molar refractivity (Wildman–Crippen MR) is 61.5 cm³/mol. The van der Waals surface area contributed by atoms with Crippen LogP contribution >= 0.6 is 0 Å². The van der Waals surface area contributed by atoms with Gasteiger partial charge in [-0.05, 0) is 12.1 Å². The molecule has 0 unspecified atom stereocenters. The second kappa shape index (κ2) is 7.34. The fourth-order valence-electron chi connectivity index (χ4n) is 1.15. The first-order valence-corrected chi connectivity index (χ1v) is 5.19. The third-order valence-corrected chi connectivity index (χ3v) is 1.91. The molecule has 0 bridgehead atoms. The van der Waals surface area contributed by atoms with E-state index in [0.29, 0.717) is 18.8 Å². The lowest BCUT2D eigenvalue weighted by molar-refractivity contribution is -0.124. The number of hydrogen-bond donors (Lipinski definition) is 2. The summed E-state index contributed by atoms with van der Waals surface area (Å²) < 4.78 is 4.64. The third kappa shape index (κ3) is 5.07. The van der Waals surface area contributed by atoms with Crippen LogP contribution in [-0.4, -0.2) is 43.6 Å². The van der Waals surface area contributed by atoms with Crippen molar-refractivity contribution in [2.45, 2.75) is 0 Å². The van der Waals surface area contributed by atoms with Gasteiger partial charge >= 0.3 is 0 Å². The number of rotatable bonds is 6. The van der Waals surface area contributed by atoms with Crippen molar-refractivity contribution in [3.05, 3.63) is 30.1 Å². The largest absolute Gasteiger partial charge is 0.375 e. The summed E-state index contributed by atoms with van der Waals surface area (Å²) in [6.45, 7) is 0.736. The van der Waals surface area contributed by atoms with Crippen molar-refractivity contribution in [1.82, 2.24) is 15.6 Å². The molecule has 0 saturated carbocycles. The molecule has 6 heteroatoms. The fraction of sp³-hybridized carbons (Fsp3) is 0.364. The van der Waals surface area contributed by atoms with Crippen molar-refractivity contribution in [3.63, 3.8) is 0 Å². The van der Waals surface area contributed by atoms with E-state index in [1.807, 2.05) is 0 Å². The first kappa shape index (κ1) is 13.1. The molecule has 2 N–H and O–H groups in total. The van der Waals surface area contributed by atoms with Crippen LogP contribution in [0, 0.1) is 0 Å². The molecule has 1 aromatic heterocycles. The molecule has 0 radical (unpaired) electrons. The molecule has 0 atom stereocenters. The fourth-order valence-corrected chi connectivity index (χ4v) is 1.15. The number of methoxy groups -OCH3 is 1. The summed E-state index contributed by atoms with van der Waals surface area (Å²) in [4.78, 5) is 26.4. The van der Waals surface area contributed by atoms with Gasteiger partial charge in [0.2, 0.25) is 5.91 Å². The van der Waals surface area contributed by atoms with Gasteiger partial charge in [-0.3, -0.25) is 14.6 Å². The lowest BCUT2D eigenvalue weighted by Crippen LogP contribution is -2.36. The van der Waals surface area contributed by atoms with Gasteiger partial charge in [-0.1, -0.05) is 6.07 Å². The lowest BCUT2D eigenvalue weighted by atomic mass is 10.3. The van der Waals surface area contributed by atoms with E-state index in [-0.39, 0.29) is 18.4 Å². The number of hydrogen-bond acceptors (Lipinski definition) is 4. The van der Waals surface area contributed by atoms with Gasteiger partial charge in [-0.25, -0.2) is 0 Å². The molecular weight excluding hydrogens is 222 g/mol. The summed E-state index contributed by atoms with van der Waals surface area (Å²) in [5.74, 6) is -0.467. The minimum atomic E-state index is -0.258. The number of pyridine rings is 1. The van der Waals surface area contributed by atoms with Crippen LogP contribution in [0.1, 0.15) is 10.5 Å². The van der Waals surface area contributed by atoms with Crippen LogP contribution in [0.4, 0.5) is 0 Å². The normalized spacial score (nSPS) is 9.71. The molecule has 0 fully saturated rings. The second-order valence-electron chi connectivity index (χ2n) is 3.25. The van der Waals surface area contributed by atoms with Gasteiger partial charge < -0.3 is 15.4 Å². The van der Waals surface area contributed by atoms with E-state index in [0.717, 1.165) is 0 Å². The molecule has 1 aromatic rings. The van der Waals surface area contributed by atoms with Gasteiger partial charge in [-0.2, -0.15) is 0 Å². The van der Waals surface area contributed by atoms with Crippen LogP contribution in [0.2, 0.25) is 0 Å². The van der Waals surface area contributed by atoms with Gasteiger partial charge in [-0.15, -0.1) is 0 Å². The molecule has 17 heavy (non-hydrogen) atoms. The molecule has 1 rings (SSSR count). The highest BCUT2D eigenvalue weighted by Gasteiger charge is 2.05. The second-order valence-corrected chi connectivity index (χ2v) is 3.25. The number of carbonyl (C=O) groups is 2. The zero-order chi connectivity index (χ0) is 12.5. The van der Waals surface area contributed by atoms with Crippen LogP contribution in [0.5, 0.6) is 0 Å². The average molecular weight is 237 g/mol. The van der Waals surface area contributed by atoms with Crippen molar-refractivity contribution >= 4 is 11.8 Å². The highest BCUT2D eigenvalue weighted by Crippen LogP contribution is 1.91. The van der Waals surface area contributed by atoms with E-state index in [2.05, 4.69) is 20.4 Å². The van der Waals surface area contributed by atoms with Gasteiger partial charge in [0.1, 0.15) is 12.3 Å². The van der Waals surface area contributed by atoms with Crippen LogP contribution in [0.15, 0.2) is 24.4 Å². The Morgan fingerprint density at radius 1 is 1.29 bits per heavy atom. The van der Waals surface area contributed by atoms with Crippen molar-refractivity contribution in [1.29, 1.82) is 0 Å². The standard InChI is InChI=1S/C11H15N3O3/c1-17-8-10(15)13-6-7-14-11(16)9-4-2-3-5-12-9/h2-5H,6-8H2,1H3,(H,13,15)(H,14,16). The van der Waals surface area contributed by atoms with Crippen molar-refractivity contribution in [2.24, 2.45) is 0 Å². The number of nitrogens with zero attached hydrogens (tertiary/aromatic N) is 1. The van der Waals surface area contributed by atoms with Gasteiger partial charge in [0, 0.05) is 26.4 Å². The summed E-state index contributed by atoms with van der Waals surface area (Å²) in [5, 5.41) is 5.23. The Morgan fingerprint density at radius 3 is 2.71 bits per heavy atom. The molecule has 0 aliphatic rings. The van der Waals surface area contributed by atoms with E-state index >= 15 is 0 Å². The Labute approximate surface area is 99.4 Å². The zero-order valence-electron chi connectivity index (χ0n) is 9.60. The van der Waals surface area contributed by atoms with Crippen LogP contribution in [0.3, 0.4) is 0 Å². The molecule has 2 amide bonds. The Hall–Kier alpha value is -1.95. The minimum absolute atomic E-state index is 0.0220. The van der Waals surface area contributed by atoms with Crippen LogP contribution < -0.4 is 10.6 Å². The Kier molecular flexibility index (Phi) is 5.67. The first-order valence-electron chi connectivity index (χ1n) is 5.19. The summed E-state index contributed by atoms with van der Waals surface area (Å²) in [7, 11) is 1.45. The number of aromatic nitrogens is 1. The molecule has 6 nitrogen and oxygen atoms in total. The number of ether oxygens (including phenoxy) is 1. The smallest absolute Gasteiger partial charge is 0.269 e. The maximum absolute atomic E-state index is 11.5.